The SMILES string of the molecule is C=C/C=C1/CCN(C(CC)CC)/C1=C/C=C. The quantitative estimate of drug-likeness (QED) is 0.671. The van der Waals surface area contributed by atoms with E-state index in [2.05, 4.69) is 44.1 Å². The molecule has 0 unspecified atom stereocenters. The Morgan fingerprint density at radius 2 is 1.81 bits per heavy atom. The van der Waals surface area contributed by atoms with Gasteiger partial charge in [-0.3, -0.25) is 0 Å². The van der Waals surface area contributed by atoms with Crippen LogP contribution in [0.1, 0.15) is 33.1 Å². The van der Waals surface area contributed by atoms with E-state index in [9.17, 15) is 0 Å². The fourth-order valence-electron chi connectivity index (χ4n) is 2.41. The summed E-state index contributed by atoms with van der Waals surface area (Å²) in [6.07, 6.45) is 11.5. The zero-order valence-corrected chi connectivity index (χ0v) is 10.6. The first-order valence-corrected chi connectivity index (χ1v) is 6.19. The zero-order valence-electron chi connectivity index (χ0n) is 10.6. The van der Waals surface area contributed by atoms with E-state index in [1.165, 1.54) is 24.1 Å². The number of likely N-dealkylation sites (tertiary alicyclic amines) is 1. The van der Waals surface area contributed by atoms with Crippen molar-refractivity contribution in [2.24, 2.45) is 0 Å². The van der Waals surface area contributed by atoms with Gasteiger partial charge in [-0.25, -0.2) is 0 Å². The Hall–Kier alpha value is -1.24. The van der Waals surface area contributed by atoms with Crippen molar-refractivity contribution in [2.45, 2.75) is 39.2 Å². The van der Waals surface area contributed by atoms with Crippen LogP contribution in [0, 0.1) is 0 Å². The normalized spacial score (nSPS) is 21.1. The summed E-state index contributed by atoms with van der Waals surface area (Å²) < 4.78 is 0. The molecule has 1 fully saturated rings. The minimum atomic E-state index is 0.655. The number of hydrogen-bond donors (Lipinski definition) is 0. The highest BCUT2D eigenvalue weighted by Crippen LogP contribution is 2.31. The smallest absolute Gasteiger partial charge is 0.0401 e. The number of hydrogen-bond acceptors (Lipinski definition) is 1. The van der Waals surface area contributed by atoms with Crippen LogP contribution in [-0.2, 0) is 0 Å². The highest BCUT2D eigenvalue weighted by atomic mass is 15.2. The predicted octanol–water partition coefficient (Wildman–Crippen LogP) is 4.06. The third-order valence-electron chi connectivity index (χ3n) is 3.24. The van der Waals surface area contributed by atoms with Crippen LogP contribution < -0.4 is 0 Å². The van der Waals surface area contributed by atoms with Gasteiger partial charge in [0.1, 0.15) is 0 Å². The van der Waals surface area contributed by atoms with E-state index in [1.54, 1.807) is 0 Å². The summed E-state index contributed by atoms with van der Waals surface area (Å²) in [5.74, 6) is 0. The minimum Gasteiger partial charge on any atom is -0.368 e. The van der Waals surface area contributed by atoms with E-state index >= 15 is 0 Å². The van der Waals surface area contributed by atoms with E-state index in [1.807, 2.05) is 12.2 Å². The number of nitrogens with zero attached hydrogens (tertiary/aromatic N) is 1. The largest absolute Gasteiger partial charge is 0.368 e. The van der Waals surface area contributed by atoms with E-state index in [-0.39, 0.29) is 0 Å². The Kier molecular flexibility index (Phi) is 5.10. The Morgan fingerprint density at radius 3 is 2.31 bits per heavy atom. The summed E-state index contributed by atoms with van der Waals surface area (Å²) in [6, 6.07) is 0.655. The summed E-state index contributed by atoms with van der Waals surface area (Å²) in [7, 11) is 0. The summed E-state index contributed by atoms with van der Waals surface area (Å²) in [5.41, 5.74) is 2.73. The van der Waals surface area contributed by atoms with Crippen molar-refractivity contribution in [1.29, 1.82) is 0 Å². The molecule has 1 heteroatoms. The lowest BCUT2D eigenvalue weighted by atomic mass is 10.1. The van der Waals surface area contributed by atoms with Crippen molar-refractivity contribution in [2.75, 3.05) is 6.54 Å². The average molecular weight is 217 g/mol. The Labute approximate surface area is 99.8 Å². The molecule has 1 nitrogen and oxygen atoms in total. The molecule has 0 aliphatic carbocycles. The zero-order chi connectivity index (χ0) is 12.0. The van der Waals surface area contributed by atoms with Gasteiger partial charge in [-0.1, -0.05) is 45.2 Å². The lowest BCUT2D eigenvalue weighted by molar-refractivity contribution is 0.272. The highest BCUT2D eigenvalue weighted by molar-refractivity contribution is 5.38. The van der Waals surface area contributed by atoms with Crippen LogP contribution in [-0.4, -0.2) is 17.5 Å². The van der Waals surface area contributed by atoms with Crippen molar-refractivity contribution in [3.63, 3.8) is 0 Å². The molecule has 1 rings (SSSR count). The van der Waals surface area contributed by atoms with Crippen LogP contribution in [0.3, 0.4) is 0 Å². The first-order valence-electron chi connectivity index (χ1n) is 6.19. The number of allylic oxidation sites excluding steroid dienone is 5. The standard InChI is InChI=1S/C15H23N/c1-5-9-13-11-12-16(14(7-3)8-4)15(13)10-6-2/h5-6,9-10,14H,1-2,7-8,11-12H2,3-4H3/b13-9-,15-10+. The van der Waals surface area contributed by atoms with Crippen LogP contribution in [0.25, 0.3) is 0 Å². The molecule has 0 aromatic rings. The van der Waals surface area contributed by atoms with Crippen molar-refractivity contribution in [3.05, 3.63) is 48.7 Å². The van der Waals surface area contributed by atoms with Crippen molar-refractivity contribution >= 4 is 0 Å². The molecule has 0 saturated carbocycles. The van der Waals surface area contributed by atoms with Crippen molar-refractivity contribution in [3.8, 4) is 0 Å². The van der Waals surface area contributed by atoms with Crippen LogP contribution >= 0.6 is 0 Å². The fraction of sp³-hybridized carbons (Fsp3) is 0.467. The first kappa shape index (κ1) is 12.8. The molecule has 0 radical (unpaired) electrons. The highest BCUT2D eigenvalue weighted by Gasteiger charge is 2.25. The molecular formula is C15H23N. The molecule has 1 aliphatic heterocycles. The van der Waals surface area contributed by atoms with Crippen LogP contribution in [0.4, 0.5) is 0 Å². The third-order valence-corrected chi connectivity index (χ3v) is 3.24. The average Bonchev–Trinajstić information content (AvgIpc) is 2.66. The maximum Gasteiger partial charge on any atom is 0.0401 e. The third kappa shape index (κ3) is 2.66. The monoisotopic (exact) mass is 217 g/mol. The fourth-order valence-corrected chi connectivity index (χ4v) is 2.41. The molecule has 0 amide bonds. The van der Waals surface area contributed by atoms with Gasteiger partial charge in [0.05, 0.1) is 0 Å². The summed E-state index contributed by atoms with van der Waals surface area (Å²) in [6.45, 7) is 13.2. The van der Waals surface area contributed by atoms with Crippen LogP contribution in [0.15, 0.2) is 48.7 Å². The van der Waals surface area contributed by atoms with Crippen molar-refractivity contribution < 1.29 is 0 Å². The molecule has 0 aromatic heterocycles. The van der Waals surface area contributed by atoms with Gasteiger partial charge in [-0.2, -0.15) is 0 Å². The van der Waals surface area contributed by atoms with Gasteiger partial charge in [0.15, 0.2) is 0 Å². The minimum absolute atomic E-state index is 0.655. The van der Waals surface area contributed by atoms with E-state index in [0.717, 1.165) is 13.0 Å². The molecule has 1 saturated heterocycles. The molecule has 16 heavy (non-hydrogen) atoms. The summed E-state index contributed by atoms with van der Waals surface area (Å²) in [4.78, 5) is 2.51. The van der Waals surface area contributed by atoms with E-state index in [4.69, 9.17) is 0 Å². The second kappa shape index (κ2) is 6.37. The maximum absolute atomic E-state index is 3.81. The van der Waals surface area contributed by atoms with Crippen LogP contribution in [0.5, 0.6) is 0 Å². The second-order valence-electron chi connectivity index (χ2n) is 4.13. The molecule has 0 bridgehead atoms. The van der Waals surface area contributed by atoms with Gasteiger partial charge >= 0.3 is 0 Å². The van der Waals surface area contributed by atoms with Gasteiger partial charge in [0.2, 0.25) is 0 Å². The second-order valence-corrected chi connectivity index (χ2v) is 4.13. The van der Waals surface area contributed by atoms with Gasteiger partial charge in [-0.05, 0) is 30.9 Å². The maximum atomic E-state index is 3.81. The van der Waals surface area contributed by atoms with Gasteiger partial charge in [-0.15, -0.1) is 0 Å². The molecule has 0 N–H and O–H groups in total. The first-order chi connectivity index (χ1) is 7.78. The summed E-state index contributed by atoms with van der Waals surface area (Å²) in [5, 5.41) is 0. The summed E-state index contributed by atoms with van der Waals surface area (Å²) >= 11 is 0. The molecule has 1 heterocycles. The number of rotatable bonds is 5. The predicted molar refractivity (Wildman–Crippen MR) is 72.3 cm³/mol. The molecule has 0 atom stereocenters. The Balaban J connectivity index is 2.96. The molecule has 88 valence electrons. The van der Waals surface area contributed by atoms with Gasteiger partial charge in [0, 0.05) is 18.3 Å². The van der Waals surface area contributed by atoms with E-state index < -0.39 is 0 Å². The van der Waals surface area contributed by atoms with Crippen LogP contribution in [0.2, 0.25) is 0 Å². The van der Waals surface area contributed by atoms with Crippen molar-refractivity contribution in [1.82, 2.24) is 4.90 Å². The molecule has 1 aliphatic rings. The van der Waals surface area contributed by atoms with Gasteiger partial charge in [0.25, 0.3) is 0 Å². The lowest BCUT2D eigenvalue weighted by Gasteiger charge is -2.29. The molecular weight excluding hydrogens is 194 g/mol. The Bertz CT molecular complexity index is 305. The van der Waals surface area contributed by atoms with E-state index in [0.29, 0.717) is 6.04 Å². The topological polar surface area (TPSA) is 3.24 Å². The lowest BCUT2D eigenvalue weighted by Crippen LogP contribution is -2.30. The van der Waals surface area contributed by atoms with Gasteiger partial charge < -0.3 is 4.90 Å². The Morgan fingerprint density at radius 1 is 1.19 bits per heavy atom. The molecule has 0 spiro atoms. The molecule has 0 aromatic carbocycles.